The standard InChI is InChI=1S/C22H24N2O6/c1-15(2)19-12-22(19,23-21(26)30-14-16-6-4-3-5-7-16)20(25)29-13-17-8-10-18(11-9-17)24(27)28/h3-11,15,19H,12-14H2,1-2H3,(H,23,26)/t19-,22-/m0/s1. The van der Waals surface area contributed by atoms with Crippen LogP contribution in [0, 0.1) is 22.0 Å². The third-order valence-corrected chi connectivity index (χ3v) is 5.24. The summed E-state index contributed by atoms with van der Waals surface area (Å²) in [6, 6.07) is 15.0. The molecule has 2 aromatic carbocycles. The average Bonchev–Trinajstić information content (AvgIpc) is 3.47. The molecule has 3 rings (SSSR count). The summed E-state index contributed by atoms with van der Waals surface area (Å²) in [5, 5.41) is 13.4. The normalized spacial score (nSPS) is 19.8. The summed E-state index contributed by atoms with van der Waals surface area (Å²) in [5.41, 5.74) is 0.325. The number of amides is 1. The van der Waals surface area contributed by atoms with Crippen molar-refractivity contribution in [2.24, 2.45) is 11.8 Å². The van der Waals surface area contributed by atoms with Gasteiger partial charge in [-0.25, -0.2) is 9.59 Å². The van der Waals surface area contributed by atoms with Gasteiger partial charge in [0.05, 0.1) is 4.92 Å². The quantitative estimate of drug-likeness (QED) is 0.399. The molecule has 0 radical (unpaired) electrons. The molecule has 1 aliphatic rings. The van der Waals surface area contributed by atoms with Gasteiger partial charge in [-0.15, -0.1) is 0 Å². The number of ether oxygens (including phenoxy) is 2. The van der Waals surface area contributed by atoms with Gasteiger partial charge in [0.1, 0.15) is 18.8 Å². The first-order chi connectivity index (χ1) is 14.3. The van der Waals surface area contributed by atoms with Gasteiger partial charge in [0, 0.05) is 12.1 Å². The molecule has 1 N–H and O–H groups in total. The van der Waals surface area contributed by atoms with Gasteiger partial charge in [0.15, 0.2) is 0 Å². The molecule has 1 amide bonds. The lowest BCUT2D eigenvalue weighted by Crippen LogP contribution is -2.46. The van der Waals surface area contributed by atoms with E-state index in [9.17, 15) is 19.7 Å². The number of carbonyl (C=O) groups excluding carboxylic acids is 2. The van der Waals surface area contributed by atoms with Crippen molar-refractivity contribution in [3.63, 3.8) is 0 Å². The molecule has 0 aliphatic heterocycles. The molecule has 0 spiro atoms. The van der Waals surface area contributed by atoms with Gasteiger partial charge in [-0.2, -0.15) is 0 Å². The second-order valence-electron chi connectivity index (χ2n) is 7.71. The van der Waals surface area contributed by atoms with Gasteiger partial charge in [-0.1, -0.05) is 44.2 Å². The number of nitrogens with one attached hydrogen (secondary N) is 1. The summed E-state index contributed by atoms with van der Waals surface area (Å²) in [6.45, 7) is 4.02. The number of nitro benzene ring substituents is 1. The summed E-state index contributed by atoms with van der Waals surface area (Å²) in [7, 11) is 0. The summed E-state index contributed by atoms with van der Waals surface area (Å²) in [4.78, 5) is 35.4. The van der Waals surface area contributed by atoms with Crippen LogP contribution in [0.4, 0.5) is 10.5 Å². The fraction of sp³-hybridized carbons (Fsp3) is 0.364. The predicted octanol–water partition coefficient (Wildman–Crippen LogP) is 3.98. The van der Waals surface area contributed by atoms with Gasteiger partial charge in [-0.3, -0.25) is 10.1 Å². The van der Waals surface area contributed by atoms with E-state index in [1.54, 1.807) is 0 Å². The summed E-state index contributed by atoms with van der Waals surface area (Å²) in [6.07, 6.45) is -0.196. The minimum Gasteiger partial charge on any atom is -0.459 e. The first-order valence-electron chi connectivity index (χ1n) is 9.71. The Morgan fingerprint density at radius 1 is 1.07 bits per heavy atom. The smallest absolute Gasteiger partial charge is 0.408 e. The Morgan fingerprint density at radius 2 is 1.67 bits per heavy atom. The Hall–Kier alpha value is -3.42. The Kier molecular flexibility index (Phi) is 6.34. The monoisotopic (exact) mass is 412 g/mol. The van der Waals surface area contributed by atoms with Crippen molar-refractivity contribution in [3.8, 4) is 0 Å². The van der Waals surface area contributed by atoms with Gasteiger partial charge in [0.2, 0.25) is 0 Å². The van der Waals surface area contributed by atoms with Crippen LogP contribution in [0.2, 0.25) is 0 Å². The Bertz CT molecular complexity index is 913. The lowest BCUT2D eigenvalue weighted by Gasteiger charge is -2.19. The molecule has 2 aromatic rings. The maximum atomic E-state index is 12.8. The zero-order valence-corrected chi connectivity index (χ0v) is 16.9. The van der Waals surface area contributed by atoms with E-state index in [-0.39, 0.29) is 30.7 Å². The number of alkyl carbamates (subject to hydrolysis) is 1. The largest absolute Gasteiger partial charge is 0.459 e. The van der Waals surface area contributed by atoms with Crippen LogP contribution in [-0.2, 0) is 27.5 Å². The number of hydrogen-bond acceptors (Lipinski definition) is 6. The molecule has 1 saturated carbocycles. The fourth-order valence-electron chi connectivity index (χ4n) is 3.46. The highest BCUT2D eigenvalue weighted by Gasteiger charge is 2.63. The fourth-order valence-corrected chi connectivity index (χ4v) is 3.46. The molecule has 158 valence electrons. The van der Waals surface area contributed by atoms with Crippen LogP contribution in [0.5, 0.6) is 0 Å². The van der Waals surface area contributed by atoms with E-state index in [1.807, 2.05) is 44.2 Å². The van der Waals surface area contributed by atoms with Gasteiger partial charge < -0.3 is 14.8 Å². The molecule has 0 saturated heterocycles. The third-order valence-electron chi connectivity index (χ3n) is 5.24. The van der Waals surface area contributed by atoms with E-state index in [4.69, 9.17) is 9.47 Å². The highest BCUT2D eigenvalue weighted by Crippen LogP contribution is 2.49. The maximum absolute atomic E-state index is 12.8. The topological polar surface area (TPSA) is 108 Å². The first-order valence-corrected chi connectivity index (χ1v) is 9.71. The molecule has 1 aliphatic carbocycles. The average molecular weight is 412 g/mol. The molecule has 0 bridgehead atoms. The summed E-state index contributed by atoms with van der Waals surface area (Å²) >= 11 is 0. The van der Waals surface area contributed by atoms with Crippen LogP contribution in [-0.4, -0.2) is 22.5 Å². The Labute approximate surface area is 174 Å². The van der Waals surface area contributed by atoms with Gasteiger partial charge >= 0.3 is 12.1 Å². The highest BCUT2D eigenvalue weighted by atomic mass is 16.6. The minimum absolute atomic E-state index is 0.0357. The number of carbonyl (C=O) groups is 2. The zero-order valence-electron chi connectivity index (χ0n) is 16.9. The van der Waals surface area contributed by atoms with E-state index in [0.29, 0.717) is 12.0 Å². The van der Waals surface area contributed by atoms with E-state index in [2.05, 4.69) is 5.32 Å². The molecule has 30 heavy (non-hydrogen) atoms. The SMILES string of the molecule is CC(C)[C@@H]1C[C@@]1(NC(=O)OCc1ccccc1)C(=O)OCc1ccc([N+](=O)[O-])cc1. The second kappa shape index (κ2) is 8.94. The van der Waals surface area contributed by atoms with Crippen molar-refractivity contribution >= 4 is 17.7 Å². The van der Waals surface area contributed by atoms with Crippen LogP contribution < -0.4 is 5.32 Å². The number of nitrogens with zero attached hydrogens (tertiary/aromatic N) is 1. The second-order valence-corrected chi connectivity index (χ2v) is 7.71. The number of hydrogen-bond donors (Lipinski definition) is 1. The number of non-ortho nitro benzene ring substituents is 1. The Balaban J connectivity index is 1.59. The number of rotatable bonds is 8. The summed E-state index contributed by atoms with van der Waals surface area (Å²) in [5.74, 6) is -0.409. The maximum Gasteiger partial charge on any atom is 0.408 e. The van der Waals surface area contributed by atoms with Crippen LogP contribution in [0.25, 0.3) is 0 Å². The molecule has 0 unspecified atom stereocenters. The van der Waals surface area contributed by atoms with E-state index in [0.717, 1.165) is 5.56 Å². The van der Waals surface area contributed by atoms with Crippen molar-refractivity contribution < 1.29 is 24.0 Å². The Morgan fingerprint density at radius 3 is 2.23 bits per heavy atom. The van der Waals surface area contributed by atoms with Crippen molar-refractivity contribution in [2.45, 2.75) is 39.0 Å². The molecule has 1 fully saturated rings. The van der Waals surface area contributed by atoms with Crippen LogP contribution in [0.1, 0.15) is 31.4 Å². The molecule has 8 nitrogen and oxygen atoms in total. The van der Waals surface area contributed by atoms with Gasteiger partial charge in [-0.05, 0) is 41.5 Å². The highest BCUT2D eigenvalue weighted by molar-refractivity contribution is 5.89. The molecular formula is C22H24N2O6. The molecule has 0 heterocycles. The van der Waals surface area contributed by atoms with Crippen LogP contribution in [0.3, 0.4) is 0 Å². The number of esters is 1. The van der Waals surface area contributed by atoms with Crippen LogP contribution in [0.15, 0.2) is 54.6 Å². The lowest BCUT2D eigenvalue weighted by molar-refractivity contribution is -0.384. The van der Waals surface area contributed by atoms with Crippen molar-refractivity contribution in [3.05, 3.63) is 75.8 Å². The molecule has 0 aromatic heterocycles. The molecular weight excluding hydrogens is 388 g/mol. The molecule has 2 atom stereocenters. The van der Waals surface area contributed by atoms with Crippen LogP contribution >= 0.6 is 0 Å². The lowest BCUT2D eigenvalue weighted by atomic mass is 10.0. The van der Waals surface area contributed by atoms with E-state index < -0.39 is 22.5 Å². The zero-order chi connectivity index (χ0) is 21.7. The van der Waals surface area contributed by atoms with Crippen molar-refractivity contribution in [1.29, 1.82) is 0 Å². The molecule has 8 heteroatoms. The van der Waals surface area contributed by atoms with Crippen molar-refractivity contribution in [1.82, 2.24) is 5.32 Å². The number of nitro groups is 1. The van der Waals surface area contributed by atoms with E-state index >= 15 is 0 Å². The predicted molar refractivity (Wildman–Crippen MR) is 108 cm³/mol. The van der Waals surface area contributed by atoms with Crippen molar-refractivity contribution in [2.75, 3.05) is 0 Å². The third kappa shape index (κ3) is 4.94. The van der Waals surface area contributed by atoms with Gasteiger partial charge in [0.25, 0.3) is 5.69 Å². The number of benzene rings is 2. The first kappa shape index (κ1) is 21.3. The minimum atomic E-state index is -1.11. The van der Waals surface area contributed by atoms with E-state index in [1.165, 1.54) is 24.3 Å². The summed E-state index contributed by atoms with van der Waals surface area (Å²) < 4.78 is 10.7.